The molecule has 4 rings (SSSR count). The van der Waals surface area contributed by atoms with Crippen molar-refractivity contribution in [3.8, 4) is 11.6 Å². The van der Waals surface area contributed by atoms with Gasteiger partial charge in [-0.25, -0.2) is 0 Å². The van der Waals surface area contributed by atoms with Crippen molar-refractivity contribution in [1.29, 1.82) is 0 Å². The van der Waals surface area contributed by atoms with Gasteiger partial charge in [0.05, 0.1) is 0 Å². The molecule has 2 fully saturated rings. The smallest absolute Gasteiger partial charge is 0.431 e. The highest BCUT2D eigenvalue weighted by molar-refractivity contribution is 5.94. The number of rotatable bonds is 4. The molecule has 5 nitrogen and oxygen atoms in total. The fraction of sp³-hybridized carbons (Fsp3) is 0.389. The van der Waals surface area contributed by atoms with E-state index in [1.165, 1.54) is 6.07 Å². The minimum atomic E-state index is -4.45. The third-order valence-corrected chi connectivity index (χ3v) is 4.93. The van der Waals surface area contributed by atoms with Crippen LogP contribution < -0.4 is 15.4 Å². The van der Waals surface area contributed by atoms with Gasteiger partial charge >= 0.3 is 6.18 Å². The number of halogens is 3. The van der Waals surface area contributed by atoms with Crippen LogP contribution in [-0.4, -0.2) is 29.0 Å². The van der Waals surface area contributed by atoms with Crippen LogP contribution in [0.4, 0.5) is 13.2 Å². The zero-order valence-corrected chi connectivity index (χ0v) is 13.8. The summed E-state index contributed by atoms with van der Waals surface area (Å²) in [5.74, 6) is 0.177. The number of alkyl halides is 3. The van der Waals surface area contributed by atoms with Crippen LogP contribution in [0.15, 0.2) is 36.4 Å². The number of hydrogen-bond donors (Lipinski definition) is 3. The lowest BCUT2D eigenvalue weighted by Gasteiger charge is -2.21. The second-order valence-electron chi connectivity index (χ2n) is 6.72. The molecule has 2 aromatic rings. The summed E-state index contributed by atoms with van der Waals surface area (Å²) in [5, 5.41) is 6.51. The van der Waals surface area contributed by atoms with Crippen molar-refractivity contribution in [3.05, 3.63) is 47.7 Å². The van der Waals surface area contributed by atoms with Gasteiger partial charge in [0.25, 0.3) is 5.91 Å². The summed E-state index contributed by atoms with van der Waals surface area (Å²) in [6.07, 6.45) is -1.25. The largest absolute Gasteiger partial charge is 0.441 e. The number of carbonyl (C=O) groups is 1. The van der Waals surface area contributed by atoms with Crippen LogP contribution in [0.25, 0.3) is 0 Å². The molecule has 2 aliphatic rings. The van der Waals surface area contributed by atoms with Crippen LogP contribution in [0.5, 0.6) is 11.6 Å². The zero-order valence-electron chi connectivity index (χ0n) is 13.8. The maximum Gasteiger partial charge on any atom is 0.431 e. The summed E-state index contributed by atoms with van der Waals surface area (Å²) in [7, 11) is 0. The van der Waals surface area contributed by atoms with Crippen molar-refractivity contribution >= 4 is 5.91 Å². The molecule has 1 aromatic heterocycles. The molecule has 2 bridgehead atoms. The minimum Gasteiger partial charge on any atom is -0.441 e. The lowest BCUT2D eigenvalue weighted by atomic mass is 9.95. The Kier molecular flexibility index (Phi) is 4.14. The number of ether oxygens (including phenoxy) is 1. The molecule has 0 aliphatic carbocycles. The number of carbonyl (C=O) groups excluding carboxylic acids is 1. The van der Waals surface area contributed by atoms with Gasteiger partial charge in [-0.3, -0.25) is 4.79 Å². The van der Waals surface area contributed by atoms with Crippen LogP contribution >= 0.6 is 0 Å². The highest BCUT2D eigenvalue weighted by Crippen LogP contribution is 2.31. The van der Waals surface area contributed by atoms with Crippen molar-refractivity contribution in [2.45, 2.75) is 43.6 Å². The van der Waals surface area contributed by atoms with E-state index in [9.17, 15) is 18.0 Å². The van der Waals surface area contributed by atoms with Gasteiger partial charge in [0, 0.05) is 29.8 Å². The van der Waals surface area contributed by atoms with E-state index < -0.39 is 11.9 Å². The molecule has 2 aliphatic heterocycles. The molecule has 1 amide bonds. The second-order valence-corrected chi connectivity index (χ2v) is 6.72. The van der Waals surface area contributed by atoms with Gasteiger partial charge in [-0.15, -0.1) is 0 Å². The second kappa shape index (κ2) is 6.35. The summed E-state index contributed by atoms with van der Waals surface area (Å²) >= 11 is 0. The average Bonchev–Trinajstić information content (AvgIpc) is 3.31. The number of amides is 1. The van der Waals surface area contributed by atoms with Gasteiger partial charge in [0.1, 0.15) is 11.4 Å². The van der Waals surface area contributed by atoms with Gasteiger partial charge in [0.2, 0.25) is 0 Å². The molecule has 138 valence electrons. The first-order chi connectivity index (χ1) is 12.4. The van der Waals surface area contributed by atoms with Crippen molar-refractivity contribution in [3.63, 3.8) is 0 Å². The standard InChI is InChI=1S/C18H18F3N3O2/c19-18(20,21)15-7-8-16(24-15)26-12-4-1-10(2-5-12)17(25)23-14-9-11-3-6-13(14)22-11/h1-2,4-5,7-8,11,13-14,22,24H,3,6,9H2,(H,23,25)/t11-,13+,14-/m1/s1. The maximum absolute atomic E-state index is 12.6. The first kappa shape index (κ1) is 17.0. The van der Waals surface area contributed by atoms with E-state index in [0.29, 0.717) is 23.4 Å². The SMILES string of the molecule is O=C(N[C@@H]1C[C@H]2CC[C@@H]1N2)c1ccc(Oc2ccc(C(F)(F)F)[nH]2)cc1. The van der Waals surface area contributed by atoms with Crippen molar-refractivity contribution in [2.24, 2.45) is 0 Å². The Morgan fingerprint density at radius 3 is 2.46 bits per heavy atom. The Hall–Kier alpha value is -2.48. The first-order valence-electron chi connectivity index (χ1n) is 8.49. The molecule has 2 saturated heterocycles. The molecule has 1 aromatic carbocycles. The van der Waals surface area contributed by atoms with E-state index in [1.807, 2.05) is 0 Å². The van der Waals surface area contributed by atoms with Gasteiger partial charge in [-0.05, 0) is 49.6 Å². The minimum absolute atomic E-state index is 0.0115. The lowest BCUT2D eigenvalue weighted by Crippen LogP contribution is -2.42. The predicted octanol–water partition coefficient (Wildman–Crippen LogP) is 3.45. The van der Waals surface area contributed by atoms with Gasteiger partial charge in [0.15, 0.2) is 5.88 Å². The number of aromatic amines is 1. The third kappa shape index (κ3) is 3.41. The number of fused-ring (bicyclic) bond motifs is 2. The molecule has 0 spiro atoms. The van der Waals surface area contributed by atoms with E-state index in [1.54, 1.807) is 24.3 Å². The molecular weight excluding hydrogens is 347 g/mol. The number of aromatic nitrogens is 1. The fourth-order valence-electron chi connectivity index (χ4n) is 3.64. The Morgan fingerprint density at radius 1 is 1.12 bits per heavy atom. The Bertz CT molecular complexity index is 801. The normalized spacial score (nSPS) is 24.7. The van der Waals surface area contributed by atoms with E-state index in [4.69, 9.17) is 4.74 Å². The van der Waals surface area contributed by atoms with E-state index in [-0.39, 0.29) is 17.8 Å². The quantitative estimate of drug-likeness (QED) is 0.778. The molecule has 3 atom stereocenters. The van der Waals surface area contributed by atoms with E-state index in [2.05, 4.69) is 15.6 Å². The maximum atomic E-state index is 12.6. The van der Waals surface area contributed by atoms with Crippen LogP contribution in [-0.2, 0) is 6.18 Å². The van der Waals surface area contributed by atoms with Gasteiger partial charge < -0.3 is 20.4 Å². The molecule has 0 unspecified atom stereocenters. The first-order valence-corrected chi connectivity index (χ1v) is 8.49. The molecular formula is C18H18F3N3O2. The summed E-state index contributed by atoms with van der Waals surface area (Å²) in [5.41, 5.74) is -0.384. The predicted molar refractivity (Wildman–Crippen MR) is 88.1 cm³/mol. The van der Waals surface area contributed by atoms with Crippen LogP contribution in [0, 0.1) is 0 Å². The average molecular weight is 365 g/mol. The summed E-state index contributed by atoms with van der Waals surface area (Å²) in [4.78, 5) is 14.5. The molecule has 3 heterocycles. The Morgan fingerprint density at radius 2 is 1.88 bits per heavy atom. The number of benzene rings is 1. The van der Waals surface area contributed by atoms with E-state index >= 15 is 0 Å². The lowest BCUT2D eigenvalue weighted by molar-refractivity contribution is -0.140. The van der Waals surface area contributed by atoms with Crippen molar-refractivity contribution in [2.75, 3.05) is 0 Å². The number of nitrogens with one attached hydrogen (secondary N) is 3. The Balaban J connectivity index is 1.37. The van der Waals surface area contributed by atoms with Gasteiger partial charge in [-0.1, -0.05) is 0 Å². The van der Waals surface area contributed by atoms with E-state index in [0.717, 1.165) is 25.3 Å². The van der Waals surface area contributed by atoms with Crippen molar-refractivity contribution in [1.82, 2.24) is 15.6 Å². The summed E-state index contributed by atoms with van der Waals surface area (Å²) in [6.45, 7) is 0. The van der Waals surface area contributed by atoms with Gasteiger partial charge in [-0.2, -0.15) is 13.2 Å². The highest BCUT2D eigenvalue weighted by Gasteiger charge is 2.39. The molecule has 8 heteroatoms. The highest BCUT2D eigenvalue weighted by atomic mass is 19.4. The van der Waals surface area contributed by atoms with Crippen LogP contribution in [0.2, 0.25) is 0 Å². The fourth-order valence-corrected chi connectivity index (χ4v) is 3.64. The molecule has 0 radical (unpaired) electrons. The zero-order chi connectivity index (χ0) is 18.3. The van der Waals surface area contributed by atoms with Crippen molar-refractivity contribution < 1.29 is 22.7 Å². The third-order valence-electron chi connectivity index (χ3n) is 4.93. The number of H-pyrrole nitrogens is 1. The summed E-state index contributed by atoms with van der Waals surface area (Å²) in [6, 6.07) is 9.44. The molecule has 26 heavy (non-hydrogen) atoms. The number of hydrogen-bond acceptors (Lipinski definition) is 3. The molecule has 3 N–H and O–H groups in total. The van der Waals surface area contributed by atoms with Crippen LogP contribution in [0.1, 0.15) is 35.3 Å². The summed E-state index contributed by atoms with van der Waals surface area (Å²) < 4.78 is 43.1. The van der Waals surface area contributed by atoms with Crippen LogP contribution in [0.3, 0.4) is 0 Å². The topological polar surface area (TPSA) is 66.2 Å². The monoisotopic (exact) mass is 365 g/mol. The Labute approximate surface area is 147 Å². The molecule has 0 saturated carbocycles.